The van der Waals surface area contributed by atoms with Gasteiger partial charge in [-0.1, -0.05) is 54.1 Å². The Labute approximate surface area is 198 Å². The maximum Gasteiger partial charge on any atom is 0.227 e. The molecule has 1 aliphatic rings. The third-order valence-corrected chi connectivity index (χ3v) is 6.96. The number of rotatable bonds is 5. The summed E-state index contributed by atoms with van der Waals surface area (Å²) in [6.45, 7) is 1.84. The number of carbonyl (C=O) groups excluding carboxylic acids is 1. The quantitative estimate of drug-likeness (QED) is 0.475. The van der Waals surface area contributed by atoms with Gasteiger partial charge in [0, 0.05) is 37.5 Å². The molecule has 172 valence electrons. The van der Waals surface area contributed by atoms with Crippen LogP contribution in [-0.2, 0) is 10.3 Å². The second kappa shape index (κ2) is 8.47. The lowest BCUT2D eigenvalue weighted by atomic mass is 9.78. The number of aliphatic hydroxyl groups excluding tert-OH is 1. The van der Waals surface area contributed by atoms with E-state index in [9.17, 15) is 15.0 Å². The maximum absolute atomic E-state index is 12.9. The maximum atomic E-state index is 12.9. The molecule has 2 N–H and O–H groups in total. The Hall–Kier alpha value is -3.90. The van der Waals surface area contributed by atoms with Gasteiger partial charge in [-0.2, -0.15) is 0 Å². The number of fused-ring (bicyclic) bond motifs is 1. The van der Waals surface area contributed by atoms with Crippen LogP contribution >= 0.6 is 0 Å². The molecular formula is C28H27N3O3. The van der Waals surface area contributed by atoms with E-state index in [4.69, 9.17) is 0 Å². The van der Waals surface area contributed by atoms with E-state index in [1.807, 2.05) is 48.1 Å². The molecule has 6 heteroatoms. The van der Waals surface area contributed by atoms with Gasteiger partial charge in [0.1, 0.15) is 11.3 Å². The van der Waals surface area contributed by atoms with Crippen molar-refractivity contribution in [3.63, 3.8) is 0 Å². The van der Waals surface area contributed by atoms with Crippen molar-refractivity contribution in [1.29, 1.82) is 0 Å². The summed E-state index contributed by atoms with van der Waals surface area (Å²) in [7, 11) is 1.81. The zero-order chi connectivity index (χ0) is 23.9. The number of aryl methyl sites for hydroxylation is 1. The van der Waals surface area contributed by atoms with Gasteiger partial charge >= 0.3 is 0 Å². The lowest BCUT2D eigenvalue weighted by molar-refractivity contribution is -0.118. The lowest BCUT2D eigenvalue weighted by Gasteiger charge is -2.38. The number of nitrogens with zero attached hydrogens (tertiary/aromatic N) is 3. The second-order valence-electron chi connectivity index (χ2n) is 8.93. The topological polar surface area (TPSA) is 78.6 Å². The van der Waals surface area contributed by atoms with E-state index in [-0.39, 0.29) is 24.2 Å². The fourth-order valence-electron chi connectivity index (χ4n) is 5.09. The van der Waals surface area contributed by atoms with Crippen molar-refractivity contribution in [3.8, 4) is 5.75 Å². The smallest absolute Gasteiger partial charge is 0.227 e. The van der Waals surface area contributed by atoms with Gasteiger partial charge in [0.15, 0.2) is 0 Å². The number of anilines is 1. The number of aliphatic hydroxyl groups is 1. The van der Waals surface area contributed by atoms with Gasteiger partial charge in [0.05, 0.1) is 12.9 Å². The molecule has 2 unspecified atom stereocenters. The Morgan fingerprint density at radius 2 is 1.82 bits per heavy atom. The van der Waals surface area contributed by atoms with Crippen LogP contribution in [0.2, 0.25) is 0 Å². The first-order valence-corrected chi connectivity index (χ1v) is 11.3. The van der Waals surface area contributed by atoms with Crippen molar-refractivity contribution in [2.75, 3.05) is 18.6 Å². The normalized spacial score (nSPS) is 17.3. The zero-order valence-electron chi connectivity index (χ0n) is 19.2. The highest BCUT2D eigenvalue weighted by Gasteiger charge is 2.38. The number of hydrogen-bond acceptors (Lipinski definition) is 4. The molecule has 2 heterocycles. The monoisotopic (exact) mass is 453 g/mol. The summed E-state index contributed by atoms with van der Waals surface area (Å²) < 4.78 is 1.89. The first-order chi connectivity index (χ1) is 16.4. The Balaban J connectivity index is 1.74. The van der Waals surface area contributed by atoms with Gasteiger partial charge in [-0.25, -0.2) is 4.98 Å². The standard InChI is InChI=1S/C28H27N3O3/c1-19-4-3-5-20(14-19)24-16-27(34)30(2)26-11-8-22(15-25(24)26)28(17-32,31-13-12-29-18-31)21-6-9-23(33)10-7-21/h3-15,18,24,32-33H,16-17H2,1-2H3. The van der Waals surface area contributed by atoms with Gasteiger partial charge in [-0.05, 0) is 47.4 Å². The van der Waals surface area contributed by atoms with Crippen LogP contribution in [0.15, 0.2) is 85.5 Å². The molecular weight excluding hydrogens is 426 g/mol. The van der Waals surface area contributed by atoms with E-state index in [0.29, 0.717) is 6.42 Å². The van der Waals surface area contributed by atoms with Crippen molar-refractivity contribution in [2.45, 2.75) is 24.8 Å². The summed E-state index contributed by atoms with van der Waals surface area (Å²) in [5, 5.41) is 20.7. The van der Waals surface area contributed by atoms with E-state index in [1.165, 1.54) is 0 Å². The highest BCUT2D eigenvalue weighted by atomic mass is 16.3. The molecule has 0 aliphatic carbocycles. The van der Waals surface area contributed by atoms with Crippen LogP contribution in [-0.4, -0.2) is 39.3 Å². The van der Waals surface area contributed by atoms with Crippen molar-refractivity contribution in [3.05, 3.63) is 113 Å². The molecule has 4 aromatic rings. The minimum absolute atomic E-state index is 0.0771. The third kappa shape index (κ3) is 3.47. The van der Waals surface area contributed by atoms with Crippen molar-refractivity contribution in [2.24, 2.45) is 0 Å². The number of benzene rings is 3. The lowest BCUT2D eigenvalue weighted by Crippen LogP contribution is -2.40. The number of hydrogen-bond donors (Lipinski definition) is 2. The fraction of sp³-hybridized carbons (Fsp3) is 0.214. The van der Waals surface area contributed by atoms with Gasteiger partial charge in [-0.3, -0.25) is 4.79 Å². The summed E-state index contributed by atoms with van der Waals surface area (Å²) in [4.78, 5) is 18.8. The summed E-state index contributed by atoms with van der Waals surface area (Å²) in [6.07, 6.45) is 5.59. The van der Waals surface area contributed by atoms with Crippen molar-refractivity contribution >= 4 is 11.6 Å². The molecule has 1 aromatic heterocycles. The second-order valence-corrected chi connectivity index (χ2v) is 8.93. The van der Waals surface area contributed by atoms with Crippen LogP contribution in [0.1, 0.15) is 40.2 Å². The number of amides is 1. The average Bonchev–Trinajstić information content (AvgIpc) is 3.38. The van der Waals surface area contributed by atoms with Crippen LogP contribution in [0.5, 0.6) is 5.75 Å². The molecule has 0 fully saturated rings. The molecule has 0 radical (unpaired) electrons. The third-order valence-electron chi connectivity index (χ3n) is 6.96. The molecule has 0 spiro atoms. The molecule has 3 aromatic carbocycles. The van der Waals surface area contributed by atoms with E-state index in [1.54, 1.807) is 29.6 Å². The predicted octanol–water partition coefficient (Wildman–Crippen LogP) is 4.18. The van der Waals surface area contributed by atoms with Gasteiger partial charge in [-0.15, -0.1) is 0 Å². The van der Waals surface area contributed by atoms with Crippen molar-refractivity contribution in [1.82, 2.24) is 9.55 Å². The molecule has 0 saturated carbocycles. The van der Waals surface area contributed by atoms with Crippen LogP contribution in [0.4, 0.5) is 5.69 Å². The first kappa shape index (κ1) is 21.9. The highest BCUT2D eigenvalue weighted by Crippen LogP contribution is 2.43. The molecule has 1 amide bonds. The van der Waals surface area contributed by atoms with E-state index in [2.05, 4.69) is 36.2 Å². The van der Waals surface area contributed by atoms with Crippen LogP contribution in [0, 0.1) is 6.92 Å². The van der Waals surface area contributed by atoms with Crippen LogP contribution in [0.3, 0.4) is 0 Å². The van der Waals surface area contributed by atoms with Crippen LogP contribution in [0.25, 0.3) is 0 Å². The number of imidazole rings is 1. The first-order valence-electron chi connectivity index (χ1n) is 11.3. The molecule has 0 saturated heterocycles. The molecule has 6 nitrogen and oxygen atoms in total. The van der Waals surface area contributed by atoms with Gasteiger partial charge in [0.25, 0.3) is 0 Å². The minimum atomic E-state index is -0.948. The van der Waals surface area contributed by atoms with Gasteiger partial charge in [0.2, 0.25) is 5.91 Å². The Morgan fingerprint density at radius 3 is 2.50 bits per heavy atom. The SMILES string of the molecule is Cc1cccc(C2CC(=O)N(C)c3ccc(C(CO)(c4ccc(O)cc4)n4ccnc4)cc32)c1. The largest absolute Gasteiger partial charge is 0.508 e. The molecule has 0 bridgehead atoms. The van der Waals surface area contributed by atoms with Gasteiger partial charge < -0.3 is 19.7 Å². The summed E-state index contributed by atoms with van der Waals surface area (Å²) in [5.74, 6) is 0.150. The molecule has 34 heavy (non-hydrogen) atoms. The fourth-order valence-corrected chi connectivity index (χ4v) is 5.09. The Kier molecular flexibility index (Phi) is 5.46. The number of phenols is 1. The van der Waals surface area contributed by atoms with Crippen LogP contribution < -0.4 is 4.90 Å². The summed E-state index contributed by atoms with van der Waals surface area (Å²) >= 11 is 0. The minimum Gasteiger partial charge on any atom is -0.508 e. The number of carbonyl (C=O) groups is 1. The van der Waals surface area contributed by atoms with E-state index >= 15 is 0 Å². The Morgan fingerprint density at radius 1 is 1.06 bits per heavy atom. The number of phenolic OH excluding ortho intramolecular Hbond substituents is 1. The van der Waals surface area contributed by atoms with Crippen molar-refractivity contribution < 1.29 is 15.0 Å². The highest BCUT2D eigenvalue weighted by molar-refractivity contribution is 5.97. The average molecular weight is 454 g/mol. The number of aromatic hydroxyl groups is 1. The Bertz CT molecular complexity index is 1330. The molecule has 2 atom stereocenters. The number of aromatic nitrogens is 2. The molecule has 5 rings (SSSR count). The summed E-state index contributed by atoms with van der Waals surface area (Å²) in [5.41, 5.74) is 4.90. The zero-order valence-corrected chi connectivity index (χ0v) is 19.2. The predicted molar refractivity (Wildman–Crippen MR) is 131 cm³/mol. The van der Waals surface area contributed by atoms with E-state index in [0.717, 1.165) is 33.5 Å². The van der Waals surface area contributed by atoms with E-state index < -0.39 is 5.54 Å². The summed E-state index contributed by atoms with van der Waals surface area (Å²) in [6, 6.07) is 21.2. The molecule has 1 aliphatic heterocycles.